The molecule has 4 amide bonds. The zero-order valence-corrected chi connectivity index (χ0v) is 14.0. The SMILES string of the molecule is COc1ccc(C2(C)NC(=O)N(NC(=O)C3(C)CCC3)C2=O)cc1. The number of ether oxygens (including phenoxy) is 1. The molecule has 0 bridgehead atoms. The number of hydrogen-bond acceptors (Lipinski definition) is 4. The van der Waals surface area contributed by atoms with E-state index in [-0.39, 0.29) is 5.91 Å². The largest absolute Gasteiger partial charge is 0.497 e. The van der Waals surface area contributed by atoms with Gasteiger partial charge in [-0.15, -0.1) is 0 Å². The standard InChI is InChI=1S/C17H21N3O4/c1-16(9-4-10-16)13(21)19-20-14(22)17(2,18-15(20)23)11-5-7-12(24-3)8-6-11/h5-8H,4,9-10H2,1-3H3,(H,18,23)(H,19,21). The second kappa shape index (κ2) is 5.51. The Morgan fingerprint density at radius 2 is 1.83 bits per heavy atom. The normalized spacial score (nSPS) is 25.0. The summed E-state index contributed by atoms with van der Waals surface area (Å²) < 4.78 is 5.10. The van der Waals surface area contributed by atoms with E-state index in [1.165, 1.54) is 0 Å². The van der Waals surface area contributed by atoms with E-state index in [1.54, 1.807) is 38.3 Å². The number of rotatable bonds is 4. The highest BCUT2D eigenvalue weighted by Crippen LogP contribution is 2.40. The smallest absolute Gasteiger partial charge is 0.344 e. The van der Waals surface area contributed by atoms with Crippen LogP contribution in [0.4, 0.5) is 4.79 Å². The van der Waals surface area contributed by atoms with Crippen LogP contribution in [0.15, 0.2) is 24.3 Å². The van der Waals surface area contributed by atoms with Crippen molar-refractivity contribution >= 4 is 17.8 Å². The number of benzene rings is 1. The monoisotopic (exact) mass is 331 g/mol. The Hall–Kier alpha value is -2.57. The topological polar surface area (TPSA) is 87.7 Å². The van der Waals surface area contributed by atoms with Gasteiger partial charge in [-0.25, -0.2) is 4.79 Å². The number of nitrogens with one attached hydrogen (secondary N) is 2. The predicted molar refractivity (Wildman–Crippen MR) is 85.8 cm³/mol. The minimum Gasteiger partial charge on any atom is -0.497 e. The van der Waals surface area contributed by atoms with Crippen LogP contribution in [0.2, 0.25) is 0 Å². The fourth-order valence-electron chi connectivity index (χ4n) is 3.03. The first-order valence-corrected chi connectivity index (χ1v) is 7.92. The molecule has 128 valence electrons. The maximum Gasteiger partial charge on any atom is 0.344 e. The molecule has 1 aliphatic heterocycles. The third-order valence-electron chi connectivity index (χ3n) is 5.08. The molecule has 1 saturated heterocycles. The first-order valence-electron chi connectivity index (χ1n) is 7.92. The van der Waals surface area contributed by atoms with Gasteiger partial charge in [0.1, 0.15) is 11.3 Å². The van der Waals surface area contributed by atoms with Crippen molar-refractivity contribution < 1.29 is 19.1 Å². The Labute approximate surface area is 140 Å². The molecule has 7 nitrogen and oxygen atoms in total. The first-order chi connectivity index (χ1) is 11.3. The van der Waals surface area contributed by atoms with Crippen LogP contribution in [0, 0.1) is 5.41 Å². The molecular weight excluding hydrogens is 310 g/mol. The number of hydrogen-bond donors (Lipinski definition) is 2. The van der Waals surface area contributed by atoms with Crippen LogP contribution >= 0.6 is 0 Å². The van der Waals surface area contributed by atoms with E-state index in [1.807, 2.05) is 6.92 Å². The molecule has 0 aromatic heterocycles. The molecule has 2 fully saturated rings. The molecule has 3 rings (SSSR count). The van der Waals surface area contributed by atoms with Crippen molar-refractivity contribution in [3.63, 3.8) is 0 Å². The van der Waals surface area contributed by atoms with Crippen LogP contribution in [0.1, 0.15) is 38.7 Å². The molecule has 1 atom stereocenters. The molecule has 1 unspecified atom stereocenters. The average Bonchev–Trinajstić information content (AvgIpc) is 2.76. The Kier molecular flexibility index (Phi) is 3.74. The summed E-state index contributed by atoms with van der Waals surface area (Å²) in [6, 6.07) is 6.24. The Bertz CT molecular complexity index is 696. The molecule has 1 aromatic carbocycles. The van der Waals surface area contributed by atoms with E-state index < -0.39 is 22.9 Å². The summed E-state index contributed by atoms with van der Waals surface area (Å²) in [6.07, 6.45) is 2.50. The van der Waals surface area contributed by atoms with Crippen LogP contribution in [0.5, 0.6) is 5.75 Å². The molecule has 1 heterocycles. The second-order valence-corrected chi connectivity index (χ2v) is 6.78. The third-order valence-corrected chi connectivity index (χ3v) is 5.08. The lowest BCUT2D eigenvalue weighted by molar-refractivity contribution is -0.145. The van der Waals surface area contributed by atoms with Crippen molar-refractivity contribution in [3.8, 4) is 5.75 Å². The van der Waals surface area contributed by atoms with E-state index in [4.69, 9.17) is 4.74 Å². The van der Waals surface area contributed by atoms with Gasteiger partial charge in [0.25, 0.3) is 5.91 Å². The molecule has 0 spiro atoms. The van der Waals surface area contributed by atoms with Gasteiger partial charge < -0.3 is 10.1 Å². The van der Waals surface area contributed by atoms with Crippen LogP contribution in [0.3, 0.4) is 0 Å². The number of carbonyl (C=O) groups excluding carboxylic acids is 3. The molecule has 7 heteroatoms. The molecule has 1 aliphatic carbocycles. The molecule has 0 radical (unpaired) electrons. The van der Waals surface area contributed by atoms with Gasteiger partial charge in [0.05, 0.1) is 7.11 Å². The summed E-state index contributed by atoms with van der Waals surface area (Å²) in [5, 5.41) is 3.45. The molecule has 2 aliphatic rings. The van der Waals surface area contributed by atoms with Gasteiger partial charge in [-0.2, -0.15) is 5.01 Å². The molecule has 24 heavy (non-hydrogen) atoms. The van der Waals surface area contributed by atoms with Crippen LogP contribution in [0.25, 0.3) is 0 Å². The van der Waals surface area contributed by atoms with Gasteiger partial charge in [0.2, 0.25) is 5.91 Å². The van der Waals surface area contributed by atoms with Gasteiger partial charge in [-0.3, -0.25) is 15.0 Å². The van der Waals surface area contributed by atoms with Crippen molar-refractivity contribution in [3.05, 3.63) is 29.8 Å². The quantitative estimate of drug-likeness (QED) is 0.822. The van der Waals surface area contributed by atoms with Crippen LogP contribution < -0.4 is 15.5 Å². The summed E-state index contributed by atoms with van der Waals surface area (Å²) in [7, 11) is 1.55. The van der Waals surface area contributed by atoms with Crippen molar-refractivity contribution in [2.75, 3.05) is 7.11 Å². The van der Waals surface area contributed by atoms with Gasteiger partial charge >= 0.3 is 6.03 Å². The fourth-order valence-corrected chi connectivity index (χ4v) is 3.03. The zero-order chi connectivity index (χ0) is 17.5. The molecule has 1 saturated carbocycles. The van der Waals surface area contributed by atoms with Gasteiger partial charge in [-0.1, -0.05) is 25.5 Å². The average molecular weight is 331 g/mol. The zero-order valence-electron chi connectivity index (χ0n) is 14.0. The third kappa shape index (κ3) is 2.40. The number of urea groups is 1. The van der Waals surface area contributed by atoms with Gasteiger partial charge in [-0.05, 0) is 37.5 Å². The maximum atomic E-state index is 12.8. The minimum absolute atomic E-state index is 0.295. The highest BCUT2D eigenvalue weighted by atomic mass is 16.5. The lowest BCUT2D eigenvalue weighted by Crippen LogP contribution is -2.54. The Balaban J connectivity index is 1.80. The fraction of sp³-hybridized carbons (Fsp3) is 0.471. The number of hydrazine groups is 1. The Morgan fingerprint density at radius 3 is 2.33 bits per heavy atom. The number of imide groups is 1. The predicted octanol–water partition coefficient (Wildman–Crippen LogP) is 1.68. The van der Waals surface area contributed by atoms with E-state index in [0.717, 1.165) is 24.3 Å². The summed E-state index contributed by atoms with van der Waals surface area (Å²) in [4.78, 5) is 37.3. The van der Waals surface area contributed by atoms with Crippen LogP contribution in [-0.4, -0.2) is 30.0 Å². The van der Waals surface area contributed by atoms with E-state index in [2.05, 4.69) is 10.7 Å². The first kappa shape index (κ1) is 16.3. The minimum atomic E-state index is -1.23. The number of methoxy groups -OCH3 is 1. The summed E-state index contributed by atoms with van der Waals surface area (Å²) in [5.74, 6) is -0.146. The second-order valence-electron chi connectivity index (χ2n) is 6.78. The number of amides is 4. The lowest BCUT2D eigenvalue weighted by Gasteiger charge is -2.37. The van der Waals surface area contributed by atoms with Crippen molar-refractivity contribution in [2.45, 2.75) is 38.6 Å². The number of nitrogens with zero attached hydrogens (tertiary/aromatic N) is 1. The Morgan fingerprint density at radius 1 is 1.21 bits per heavy atom. The molecule has 1 aromatic rings. The van der Waals surface area contributed by atoms with E-state index in [9.17, 15) is 14.4 Å². The molecular formula is C17H21N3O4. The highest BCUT2D eigenvalue weighted by Gasteiger charge is 2.51. The highest BCUT2D eigenvalue weighted by molar-refractivity contribution is 6.08. The van der Waals surface area contributed by atoms with Crippen molar-refractivity contribution in [2.24, 2.45) is 5.41 Å². The number of carbonyl (C=O) groups is 3. The maximum absolute atomic E-state index is 12.8. The summed E-state index contributed by atoms with van der Waals surface area (Å²) >= 11 is 0. The molecule has 2 N–H and O–H groups in total. The van der Waals surface area contributed by atoms with E-state index in [0.29, 0.717) is 11.3 Å². The van der Waals surface area contributed by atoms with Crippen molar-refractivity contribution in [1.82, 2.24) is 15.8 Å². The lowest BCUT2D eigenvalue weighted by atomic mass is 9.70. The van der Waals surface area contributed by atoms with Gasteiger partial charge in [0, 0.05) is 5.41 Å². The van der Waals surface area contributed by atoms with E-state index >= 15 is 0 Å². The van der Waals surface area contributed by atoms with Gasteiger partial charge in [0.15, 0.2) is 0 Å². The van der Waals surface area contributed by atoms with Crippen molar-refractivity contribution in [1.29, 1.82) is 0 Å². The summed E-state index contributed by atoms with van der Waals surface area (Å²) in [5.41, 5.74) is 1.37. The van der Waals surface area contributed by atoms with Crippen LogP contribution in [-0.2, 0) is 15.1 Å². The summed E-state index contributed by atoms with van der Waals surface area (Å²) in [6.45, 7) is 3.46.